The second-order valence-electron chi connectivity index (χ2n) is 6.53. The van der Waals surface area contributed by atoms with E-state index in [-0.39, 0.29) is 16.7 Å². The lowest BCUT2D eigenvalue weighted by Crippen LogP contribution is -2.10. The van der Waals surface area contributed by atoms with Gasteiger partial charge in [-0.05, 0) is 23.5 Å². The average Bonchev–Trinajstić information content (AvgIpc) is 2.72. The van der Waals surface area contributed by atoms with Gasteiger partial charge in [0.15, 0.2) is 5.76 Å². The molecular formula is C18H20ClN3O. The van der Waals surface area contributed by atoms with E-state index in [1.165, 1.54) is 4.68 Å². The largest absolute Gasteiger partial charge is 0.504 e. The van der Waals surface area contributed by atoms with Crippen molar-refractivity contribution in [2.75, 3.05) is 0 Å². The molecule has 0 fully saturated rings. The zero-order valence-corrected chi connectivity index (χ0v) is 14.7. The zero-order chi connectivity index (χ0) is 17.4. The Balaban J connectivity index is 2.57. The molecule has 0 unspecified atom stereocenters. The van der Waals surface area contributed by atoms with Crippen LogP contribution in [0.3, 0.4) is 0 Å². The molecule has 0 radical (unpaired) electrons. The van der Waals surface area contributed by atoms with Crippen LogP contribution in [0, 0.1) is 18.3 Å². The normalized spacial score (nSPS) is 12.7. The lowest BCUT2D eigenvalue weighted by molar-refractivity contribution is 0.503. The first-order valence-electron chi connectivity index (χ1n) is 7.30. The lowest BCUT2D eigenvalue weighted by atomic mass is 9.86. The van der Waals surface area contributed by atoms with Gasteiger partial charge in [0.2, 0.25) is 0 Å². The van der Waals surface area contributed by atoms with Gasteiger partial charge in [-0.1, -0.05) is 56.6 Å². The fraction of sp³-hybridized carbons (Fsp3) is 0.333. The number of rotatable bonds is 2. The Labute approximate surface area is 141 Å². The molecule has 4 nitrogen and oxygen atoms in total. The summed E-state index contributed by atoms with van der Waals surface area (Å²) in [6, 6.07) is 9.68. The summed E-state index contributed by atoms with van der Waals surface area (Å²) in [4.78, 5) is 0. The maximum absolute atomic E-state index is 10.5. The van der Waals surface area contributed by atoms with Crippen LogP contribution in [-0.4, -0.2) is 14.9 Å². The third-order valence-corrected chi connectivity index (χ3v) is 4.21. The molecule has 0 amide bonds. The highest BCUT2D eigenvalue weighted by atomic mass is 35.5. The van der Waals surface area contributed by atoms with E-state index in [1.54, 1.807) is 14.0 Å². The molecule has 1 aromatic heterocycles. The summed E-state index contributed by atoms with van der Waals surface area (Å²) in [7, 11) is 1.68. The molecule has 1 aromatic carbocycles. The highest BCUT2D eigenvalue weighted by Crippen LogP contribution is 2.31. The van der Waals surface area contributed by atoms with Crippen molar-refractivity contribution >= 4 is 22.9 Å². The number of aromatic nitrogens is 2. The van der Waals surface area contributed by atoms with Crippen molar-refractivity contribution < 1.29 is 5.11 Å². The number of allylic oxidation sites excluding steroid dienone is 1. The minimum absolute atomic E-state index is 0.0273. The number of benzene rings is 1. The average molecular weight is 330 g/mol. The van der Waals surface area contributed by atoms with Gasteiger partial charge in [0.25, 0.3) is 0 Å². The first-order chi connectivity index (χ1) is 10.7. The van der Waals surface area contributed by atoms with Crippen molar-refractivity contribution in [3.63, 3.8) is 0 Å². The monoisotopic (exact) mass is 329 g/mol. The van der Waals surface area contributed by atoms with Gasteiger partial charge in [0, 0.05) is 7.05 Å². The van der Waals surface area contributed by atoms with Gasteiger partial charge in [-0.2, -0.15) is 10.4 Å². The van der Waals surface area contributed by atoms with E-state index in [0.29, 0.717) is 22.0 Å². The number of hydrogen-bond donors (Lipinski definition) is 1. The Morgan fingerprint density at radius 2 is 1.83 bits per heavy atom. The molecule has 0 aliphatic rings. The molecule has 0 bridgehead atoms. The number of halogens is 1. The molecular weight excluding hydrogens is 310 g/mol. The number of nitriles is 1. The van der Waals surface area contributed by atoms with Crippen LogP contribution in [0.5, 0.6) is 0 Å². The highest BCUT2D eigenvalue weighted by Gasteiger charge is 2.20. The maximum Gasteiger partial charge on any atom is 0.160 e. The molecule has 0 saturated heterocycles. The number of nitrogens with zero attached hydrogens (tertiary/aromatic N) is 3. The lowest BCUT2D eigenvalue weighted by Gasteiger charge is -2.19. The minimum atomic E-state index is -0.163. The fourth-order valence-corrected chi connectivity index (χ4v) is 2.65. The number of aliphatic hydroxyl groups is 1. The van der Waals surface area contributed by atoms with Crippen LogP contribution in [0.25, 0.3) is 11.3 Å². The van der Waals surface area contributed by atoms with E-state index in [1.807, 2.05) is 24.3 Å². The molecule has 0 spiro atoms. The number of aryl methyl sites for hydroxylation is 2. The van der Waals surface area contributed by atoms with Crippen molar-refractivity contribution in [3.8, 4) is 6.07 Å². The Morgan fingerprint density at radius 1 is 1.26 bits per heavy atom. The predicted octanol–water partition coefficient (Wildman–Crippen LogP) is 4.63. The second-order valence-corrected chi connectivity index (χ2v) is 6.91. The SMILES string of the molecule is Cc1nn(C)c(/C(O)=C(\C#N)c2ccc(C(C)(C)C)cc2)c1Cl. The summed E-state index contributed by atoms with van der Waals surface area (Å²) < 4.78 is 1.48. The summed E-state index contributed by atoms with van der Waals surface area (Å²) in [6.45, 7) is 8.12. The van der Waals surface area contributed by atoms with Crippen LogP contribution in [-0.2, 0) is 12.5 Å². The molecule has 1 N–H and O–H groups in total. The highest BCUT2D eigenvalue weighted by molar-refractivity contribution is 6.33. The quantitative estimate of drug-likeness (QED) is 0.645. The van der Waals surface area contributed by atoms with E-state index in [0.717, 1.165) is 5.56 Å². The second kappa shape index (κ2) is 6.10. The van der Waals surface area contributed by atoms with Gasteiger partial charge in [-0.3, -0.25) is 4.68 Å². The van der Waals surface area contributed by atoms with Gasteiger partial charge in [-0.15, -0.1) is 0 Å². The summed E-state index contributed by atoms with van der Waals surface area (Å²) in [5, 5.41) is 24.6. The van der Waals surface area contributed by atoms with E-state index in [9.17, 15) is 10.4 Å². The molecule has 5 heteroatoms. The van der Waals surface area contributed by atoms with Crippen molar-refractivity contribution in [1.29, 1.82) is 5.26 Å². The van der Waals surface area contributed by atoms with Crippen molar-refractivity contribution in [3.05, 3.63) is 51.8 Å². The van der Waals surface area contributed by atoms with Crippen LogP contribution >= 0.6 is 11.6 Å². The molecule has 2 aromatic rings. The fourth-order valence-electron chi connectivity index (χ4n) is 2.40. The Morgan fingerprint density at radius 3 is 2.22 bits per heavy atom. The number of hydrogen-bond acceptors (Lipinski definition) is 3. The molecule has 0 aliphatic carbocycles. The van der Waals surface area contributed by atoms with Gasteiger partial charge in [-0.25, -0.2) is 0 Å². The van der Waals surface area contributed by atoms with E-state index in [2.05, 4.69) is 31.9 Å². The van der Waals surface area contributed by atoms with Crippen LogP contribution in [0.4, 0.5) is 0 Å². The van der Waals surface area contributed by atoms with Crippen LogP contribution in [0.1, 0.15) is 43.3 Å². The topological polar surface area (TPSA) is 61.8 Å². The molecule has 120 valence electrons. The zero-order valence-electron chi connectivity index (χ0n) is 14.0. The predicted molar refractivity (Wildman–Crippen MR) is 93.2 cm³/mol. The van der Waals surface area contributed by atoms with Gasteiger partial charge >= 0.3 is 0 Å². The first-order valence-corrected chi connectivity index (χ1v) is 7.68. The maximum atomic E-state index is 10.5. The summed E-state index contributed by atoms with van der Waals surface area (Å²) in [6.07, 6.45) is 0. The van der Waals surface area contributed by atoms with Crippen LogP contribution in [0.2, 0.25) is 5.02 Å². The smallest absolute Gasteiger partial charge is 0.160 e. The van der Waals surface area contributed by atoms with E-state index >= 15 is 0 Å². The van der Waals surface area contributed by atoms with Gasteiger partial charge in [0.05, 0.1) is 10.7 Å². The van der Waals surface area contributed by atoms with Gasteiger partial charge in [0.1, 0.15) is 17.3 Å². The standard InChI is InChI=1S/C18H20ClN3O/c1-11-15(19)16(22(5)21-11)17(23)14(10-20)12-6-8-13(9-7-12)18(2,3)4/h6-9,23H,1-5H3/b17-14-. The summed E-state index contributed by atoms with van der Waals surface area (Å²) >= 11 is 6.20. The van der Waals surface area contributed by atoms with Crippen molar-refractivity contribution in [2.45, 2.75) is 33.1 Å². The van der Waals surface area contributed by atoms with E-state index in [4.69, 9.17) is 11.6 Å². The Bertz CT molecular complexity index is 803. The third kappa shape index (κ3) is 3.25. The molecule has 2 rings (SSSR count). The molecule has 0 saturated carbocycles. The molecule has 23 heavy (non-hydrogen) atoms. The van der Waals surface area contributed by atoms with Crippen molar-refractivity contribution in [2.24, 2.45) is 7.05 Å². The van der Waals surface area contributed by atoms with Crippen LogP contribution in [0.15, 0.2) is 24.3 Å². The Hall–Kier alpha value is -2.25. The first kappa shape index (κ1) is 17.1. The van der Waals surface area contributed by atoms with Gasteiger partial charge < -0.3 is 5.11 Å². The summed E-state index contributed by atoms with van der Waals surface area (Å²) in [5.41, 5.74) is 2.96. The minimum Gasteiger partial charge on any atom is -0.504 e. The Kier molecular flexibility index (Phi) is 4.53. The van der Waals surface area contributed by atoms with E-state index < -0.39 is 0 Å². The molecule has 1 heterocycles. The number of aliphatic hydroxyl groups excluding tert-OH is 1. The summed E-state index contributed by atoms with van der Waals surface area (Å²) in [5.74, 6) is -0.163. The molecule has 0 atom stereocenters. The molecule has 0 aliphatic heterocycles. The third-order valence-electron chi connectivity index (χ3n) is 3.76. The van der Waals surface area contributed by atoms with Crippen molar-refractivity contribution in [1.82, 2.24) is 9.78 Å². The van der Waals surface area contributed by atoms with Crippen LogP contribution < -0.4 is 0 Å².